The minimum atomic E-state index is 0.106. The second kappa shape index (κ2) is 5.16. The summed E-state index contributed by atoms with van der Waals surface area (Å²) in [4.78, 5) is 21.0. The quantitative estimate of drug-likeness (QED) is 0.825. The number of carbonyl (C=O) groups is 1. The molecular weight excluding hydrogens is 256 g/mol. The smallest absolute Gasteiger partial charge is 0.236 e. The van der Waals surface area contributed by atoms with Crippen LogP contribution in [0.15, 0.2) is 4.52 Å². The van der Waals surface area contributed by atoms with Gasteiger partial charge in [0.15, 0.2) is 5.82 Å². The van der Waals surface area contributed by atoms with Gasteiger partial charge in [-0.25, -0.2) is 0 Å². The van der Waals surface area contributed by atoms with Gasteiger partial charge in [0.05, 0.1) is 0 Å². The molecule has 3 heterocycles. The van der Waals surface area contributed by atoms with Crippen LogP contribution in [0, 0.1) is 6.92 Å². The number of hydrogen-bond donors (Lipinski definition) is 0. The van der Waals surface area contributed by atoms with E-state index in [2.05, 4.69) is 28.9 Å². The van der Waals surface area contributed by atoms with Gasteiger partial charge in [-0.2, -0.15) is 4.98 Å². The summed E-state index contributed by atoms with van der Waals surface area (Å²) < 4.78 is 5.04. The maximum absolute atomic E-state index is 12.4. The number of aryl methyl sites for hydroxylation is 1. The normalized spacial score (nSPS) is 26.5. The van der Waals surface area contributed by atoms with E-state index in [1.165, 1.54) is 12.8 Å². The molecule has 0 saturated carbocycles. The van der Waals surface area contributed by atoms with Gasteiger partial charge < -0.3 is 9.42 Å². The minimum absolute atomic E-state index is 0.106. The SMILES string of the molecule is Cc1noc(CC(=O)N2C[C@H]3CC[C@@H](C2)N3C(C)C)n1. The lowest BCUT2D eigenvalue weighted by Crippen LogP contribution is -2.57. The van der Waals surface area contributed by atoms with Gasteiger partial charge in [-0.1, -0.05) is 5.16 Å². The van der Waals surface area contributed by atoms with Crippen LogP contribution in [0.4, 0.5) is 0 Å². The van der Waals surface area contributed by atoms with Gasteiger partial charge in [0.1, 0.15) is 6.42 Å². The van der Waals surface area contributed by atoms with E-state index in [9.17, 15) is 4.79 Å². The first kappa shape index (κ1) is 13.5. The van der Waals surface area contributed by atoms with E-state index in [1.54, 1.807) is 6.92 Å². The zero-order valence-corrected chi connectivity index (χ0v) is 12.4. The number of fused-ring (bicyclic) bond motifs is 2. The highest BCUT2D eigenvalue weighted by Crippen LogP contribution is 2.32. The van der Waals surface area contributed by atoms with Crippen LogP contribution in [-0.2, 0) is 11.2 Å². The van der Waals surface area contributed by atoms with Crippen molar-refractivity contribution in [2.24, 2.45) is 0 Å². The number of likely N-dealkylation sites (tertiary alicyclic amines) is 1. The topological polar surface area (TPSA) is 62.5 Å². The Hall–Kier alpha value is -1.43. The van der Waals surface area contributed by atoms with Crippen molar-refractivity contribution in [1.29, 1.82) is 0 Å². The first-order chi connectivity index (χ1) is 9.54. The van der Waals surface area contributed by atoms with Crippen molar-refractivity contribution in [1.82, 2.24) is 19.9 Å². The van der Waals surface area contributed by atoms with E-state index in [1.807, 2.05) is 4.90 Å². The number of rotatable bonds is 3. The first-order valence-corrected chi connectivity index (χ1v) is 7.39. The summed E-state index contributed by atoms with van der Waals surface area (Å²) in [5, 5.41) is 3.73. The molecule has 2 bridgehead atoms. The van der Waals surface area contributed by atoms with E-state index in [0.29, 0.717) is 29.8 Å². The van der Waals surface area contributed by atoms with E-state index < -0.39 is 0 Å². The fourth-order valence-corrected chi connectivity index (χ4v) is 3.64. The molecule has 0 spiro atoms. The summed E-state index contributed by atoms with van der Waals surface area (Å²) in [5.74, 6) is 1.11. The highest BCUT2D eigenvalue weighted by Gasteiger charge is 2.42. The standard InChI is InChI=1S/C14H22N4O2/c1-9(2)18-11-4-5-12(18)8-17(7-11)14(19)6-13-15-10(3)16-20-13/h9,11-12H,4-8H2,1-3H3/t11-,12+. The predicted molar refractivity (Wildman–Crippen MR) is 73.1 cm³/mol. The summed E-state index contributed by atoms with van der Waals surface area (Å²) >= 11 is 0. The molecule has 0 aliphatic carbocycles. The molecular formula is C14H22N4O2. The lowest BCUT2D eigenvalue weighted by atomic mass is 10.1. The average Bonchev–Trinajstić information content (AvgIpc) is 2.91. The Morgan fingerprint density at radius 2 is 2.00 bits per heavy atom. The Morgan fingerprint density at radius 1 is 1.35 bits per heavy atom. The van der Waals surface area contributed by atoms with E-state index in [0.717, 1.165) is 13.1 Å². The summed E-state index contributed by atoms with van der Waals surface area (Å²) in [7, 11) is 0. The lowest BCUT2D eigenvalue weighted by Gasteiger charge is -2.43. The molecule has 6 heteroatoms. The maximum Gasteiger partial charge on any atom is 0.236 e. The van der Waals surface area contributed by atoms with E-state index >= 15 is 0 Å². The molecule has 0 radical (unpaired) electrons. The number of aromatic nitrogens is 2. The molecule has 0 aromatic carbocycles. The average molecular weight is 278 g/mol. The summed E-state index contributed by atoms with van der Waals surface area (Å²) in [6, 6.07) is 1.59. The summed E-state index contributed by atoms with van der Waals surface area (Å²) in [5.41, 5.74) is 0. The molecule has 110 valence electrons. The van der Waals surface area contributed by atoms with Gasteiger partial charge in [0, 0.05) is 31.2 Å². The van der Waals surface area contributed by atoms with Crippen molar-refractivity contribution in [3.8, 4) is 0 Å². The van der Waals surface area contributed by atoms with Crippen molar-refractivity contribution < 1.29 is 9.32 Å². The Morgan fingerprint density at radius 3 is 2.50 bits per heavy atom. The molecule has 2 aliphatic rings. The molecule has 0 N–H and O–H groups in total. The Balaban J connectivity index is 1.64. The second-order valence-electron chi connectivity index (χ2n) is 6.14. The third kappa shape index (κ3) is 2.44. The van der Waals surface area contributed by atoms with Gasteiger partial charge in [-0.05, 0) is 33.6 Å². The van der Waals surface area contributed by atoms with Crippen molar-refractivity contribution in [3.63, 3.8) is 0 Å². The predicted octanol–water partition coefficient (Wildman–Crippen LogP) is 1.00. The molecule has 2 aliphatic heterocycles. The Kier molecular flexibility index (Phi) is 3.50. The van der Waals surface area contributed by atoms with Crippen LogP contribution >= 0.6 is 0 Å². The number of amides is 1. The minimum Gasteiger partial charge on any atom is -0.339 e. The fourth-order valence-electron chi connectivity index (χ4n) is 3.64. The Bertz CT molecular complexity index is 485. The molecule has 1 amide bonds. The highest BCUT2D eigenvalue weighted by atomic mass is 16.5. The number of piperazine rings is 1. The first-order valence-electron chi connectivity index (χ1n) is 7.39. The monoisotopic (exact) mass is 278 g/mol. The molecule has 20 heavy (non-hydrogen) atoms. The van der Waals surface area contributed by atoms with Crippen molar-refractivity contribution in [2.45, 2.75) is 58.2 Å². The van der Waals surface area contributed by atoms with Gasteiger partial charge in [0.2, 0.25) is 11.8 Å². The lowest BCUT2D eigenvalue weighted by molar-refractivity contribution is -0.134. The van der Waals surface area contributed by atoms with Crippen LogP contribution in [0.5, 0.6) is 0 Å². The zero-order valence-electron chi connectivity index (χ0n) is 12.4. The van der Waals surface area contributed by atoms with Crippen LogP contribution in [0.3, 0.4) is 0 Å². The molecule has 2 saturated heterocycles. The van der Waals surface area contributed by atoms with Crippen LogP contribution < -0.4 is 0 Å². The highest BCUT2D eigenvalue weighted by molar-refractivity contribution is 5.78. The van der Waals surface area contributed by atoms with Crippen LogP contribution in [0.2, 0.25) is 0 Å². The number of hydrogen-bond acceptors (Lipinski definition) is 5. The van der Waals surface area contributed by atoms with Gasteiger partial charge in [-0.15, -0.1) is 0 Å². The molecule has 6 nitrogen and oxygen atoms in total. The van der Waals surface area contributed by atoms with Crippen molar-refractivity contribution >= 4 is 5.91 Å². The third-order valence-electron chi connectivity index (χ3n) is 4.36. The van der Waals surface area contributed by atoms with Crippen LogP contribution in [0.1, 0.15) is 38.4 Å². The summed E-state index contributed by atoms with van der Waals surface area (Å²) in [6.45, 7) is 7.91. The van der Waals surface area contributed by atoms with Crippen molar-refractivity contribution in [3.05, 3.63) is 11.7 Å². The van der Waals surface area contributed by atoms with Crippen molar-refractivity contribution in [2.75, 3.05) is 13.1 Å². The number of nitrogens with zero attached hydrogens (tertiary/aromatic N) is 4. The maximum atomic E-state index is 12.4. The molecule has 2 atom stereocenters. The van der Waals surface area contributed by atoms with Crippen LogP contribution in [-0.4, -0.2) is 57.1 Å². The Labute approximate surface area is 119 Å². The molecule has 1 aromatic heterocycles. The molecule has 0 unspecified atom stereocenters. The molecule has 3 rings (SSSR count). The molecule has 1 aromatic rings. The zero-order chi connectivity index (χ0) is 14.3. The van der Waals surface area contributed by atoms with Gasteiger partial charge in [0.25, 0.3) is 0 Å². The molecule has 2 fully saturated rings. The van der Waals surface area contributed by atoms with E-state index in [4.69, 9.17) is 4.52 Å². The van der Waals surface area contributed by atoms with E-state index in [-0.39, 0.29) is 12.3 Å². The number of carbonyl (C=O) groups excluding carboxylic acids is 1. The van der Waals surface area contributed by atoms with Gasteiger partial charge in [-0.3, -0.25) is 9.69 Å². The summed E-state index contributed by atoms with van der Waals surface area (Å²) in [6.07, 6.45) is 2.63. The fraction of sp³-hybridized carbons (Fsp3) is 0.786. The third-order valence-corrected chi connectivity index (χ3v) is 4.36. The largest absolute Gasteiger partial charge is 0.339 e. The second-order valence-corrected chi connectivity index (χ2v) is 6.14. The van der Waals surface area contributed by atoms with Gasteiger partial charge >= 0.3 is 0 Å². The van der Waals surface area contributed by atoms with Crippen LogP contribution in [0.25, 0.3) is 0 Å².